The van der Waals surface area contributed by atoms with Gasteiger partial charge in [-0.1, -0.05) is 47.6 Å². The number of allylic oxidation sites excluding steroid dienone is 2. The third-order valence-electron chi connectivity index (χ3n) is 1.67. The van der Waals surface area contributed by atoms with E-state index in [1.807, 2.05) is 45.1 Å². The highest BCUT2D eigenvalue weighted by atomic mass is 33.1. The topological polar surface area (TPSA) is 0 Å². The van der Waals surface area contributed by atoms with Crippen LogP contribution < -0.4 is 0 Å². The minimum absolute atomic E-state index is 0.682. The molecule has 0 radical (unpaired) electrons. The van der Waals surface area contributed by atoms with E-state index in [4.69, 9.17) is 0 Å². The van der Waals surface area contributed by atoms with Gasteiger partial charge in [-0.15, -0.1) is 23.5 Å². The van der Waals surface area contributed by atoms with Gasteiger partial charge in [-0.3, -0.25) is 0 Å². The van der Waals surface area contributed by atoms with Crippen LogP contribution in [0.25, 0.3) is 0 Å². The van der Waals surface area contributed by atoms with Crippen LogP contribution in [0, 0.1) is 0 Å². The number of hydrogen-bond acceptors (Lipinski definition) is 4. The van der Waals surface area contributed by atoms with E-state index in [1.165, 1.54) is 12.8 Å². The Hall–Kier alpha value is 0.880. The Morgan fingerprint density at radius 1 is 0.812 bits per heavy atom. The largest absolute Gasteiger partial charge is 0.119 e. The van der Waals surface area contributed by atoms with Crippen molar-refractivity contribution in [3.8, 4) is 0 Å². The van der Waals surface area contributed by atoms with Crippen LogP contribution in [-0.4, -0.2) is 9.16 Å². The van der Waals surface area contributed by atoms with E-state index in [-0.39, 0.29) is 0 Å². The molecule has 0 amide bonds. The van der Waals surface area contributed by atoms with Crippen molar-refractivity contribution in [3.63, 3.8) is 0 Å². The van der Waals surface area contributed by atoms with E-state index in [0.29, 0.717) is 9.16 Å². The highest BCUT2D eigenvalue weighted by molar-refractivity contribution is 8.80. The molecule has 0 aliphatic carbocycles. The van der Waals surface area contributed by atoms with E-state index in [0.717, 1.165) is 0 Å². The van der Waals surface area contributed by atoms with Gasteiger partial charge in [0.25, 0.3) is 0 Å². The molecule has 0 aromatic carbocycles. The van der Waals surface area contributed by atoms with Crippen LogP contribution in [0.3, 0.4) is 0 Å². The van der Waals surface area contributed by atoms with Gasteiger partial charge in [-0.25, -0.2) is 0 Å². The fourth-order valence-electron chi connectivity index (χ4n) is 0.830. The molecule has 0 aliphatic heterocycles. The molecule has 4 heteroatoms. The second kappa shape index (κ2) is 12.3. The van der Waals surface area contributed by atoms with Gasteiger partial charge in [0.05, 0.1) is 9.16 Å². The normalized spacial score (nSPS) is 16.0. The molecule has 0 N–H and O–H groups in total. The monoisotopic (exact) mass is 294 g/mol. The first kappa shape index (κ1) is 16.9. The molecule has 0 rings (SSSR count). The van der Waals surface area contributed by atoms with Gasteiger partial charge in [-0.2, -0.15) is 0 Å². The molecule has 94 valence electrons. The molecule has 0 aliphatic rings. The molecule has 0 aromatic heterocycles. The molecule has 2 atom stereocenters. The van der Waals surface area contributed by atoms with Crippen molar-refractivity contribution in [1.82, 2.24) is 0 Å². The van der Waals surface area contributed by atoms with Crippen LogP contribution >= 0.6 is 45.1 Å². The van der Waals surface area contributed by atoms with Gasteiger partial charge in [0.15, 0.2) is 0 Å². The van der Waals surface area contributed by atoms with Crippen molar-refractivity contribution < 1.29 is 0 Å². The second-order valence-corrected chi connectivity index (χ2v) is 8.58. The zero-order valence-corrected chi connectivity index (χ0v) is 13.8. The zero-order chi connectivity index (χ0) is 12.2. The number of rotatable bonds is 9. The summed E-state index contributed by atoms with van der Waals surface area (Å²) in [5.41, 5.74) is 0. The molecular formula is C12H22S4. The SMILES string of the molecule is CC=CSC(CC)SSC(CC)SC=CC. The smallest absolute Gasteiger partial charge is 0.0644 e. The average molecular weight is 295 g/mol. The standard InChI is InChI=1S/C12H22S4/c1-5-9-13-11(7-3)15-16-12(8-4)14-10-6-2/h5-6,9-12H,7-8H2,1-4H3. The van der Waals surface area contributed by atoms with Crippen LogP contribution in [0.4, 0.5) is 0 Å². The first-order valence-corrected chi connectivity index (χ1v) is 9.79. The van der Waals surface area contributed by atoms with Crippen LogP contribution in [0.5, 0.6) is 0 Å². The highest BCUT2D eigenvalue weighted by Gasteiger charge is 2.11. The van der Waals surface area contributed by atoms with Crippen molar-refractivity contribution in [3.05, 3.63) is 23.0 Å². The van der Waals surface area contributed by atoms with Gasteiger partial charge in [0, 0.05) is 0 Å². The minimum Gasteiger partial charge on any atom is -0.119 e. The summed E-state index contributed by atoms with van der Waals surface area (Å²) in [6.07, 6.45) is 6.67. The minimum atomic E-state index is 0.682. The summed E-state index contributed by atoms with van der Waals surface area (Å²) in [5, 5.41) is 4.39. The lowest BCUT2D eigenvalue weighted by atomic mass is 10.6. The van der Waals surface area contributed by atoms with Crippen LogP contribution in [0.2, 0.25) is 0 Å². The summed E-state index contributed by atoms with van der Waals surface area (Å²) in [4.78, 5) is 0. The van der Waals surface area contributed by atoms with Crippen molar-refractivity contribution in [2.75, 3.05) is 0 Å². The van der Waals surface area contributed by atoms with Crippen LogP contribution in [0.1, 0.15) is 40.5 Å². The quantitative estimate of drug-likeness (QED) is 0.357. The molecule has 2 unspecified atom stereocenters. The Kier molecular flexibility index (Phi) is 13.0. The third-order valence-corrected chi connectivity index (χ3v) is 8.71. The Balaban J connectivity index is 3.86. The van der Waals surface area contributed by atoms with E-state index < -0.39 is 0 Å². The maximum atomic E-state index is 2.26. The molecule has 0 fully saturated rings. The van der Waals surface area contributed by atoms with Gasteiger partial charge in [0.1, 0.15) is 0 Å². The van der Waals surface area contributed by atoms with Crippen LogP contribution in [-0.2, 0) is 0 Å². The van der Waals surface area contributed by atoms with Crippen molar-refractivity contribution in [2.24, 2.45) is 0 Å². The molecule has 0 saturated heterocycles. The maximum Gasteiger partial charge on any atom is 0.0644 e. The number of thioether (sulfide) groups is 2. The van der Waals surface area contributed by atoms with E-state index in [2.05, 4.69) is 50.7 Å². The Morgan fingerprint density at radius 3 is 1.44 bits per heavy atom. The fourth-order valence-corrected chi connectivity index (χ4v) is 6.34. The summed E-state index contributed by atoms with van der Waals surface area (Å²) in [6.45, 7) is 8.67. The first-order valence-electron chi connectivity index (χ1n) is 5.63. The first-order chi connectivity index (χ1) is 7.78. The summed E-state index contributed by atoms with van der Waals surface area (Å²) in [7, 11) is 4.04. The van der Waals surface area contributed by atoms with E-state index >= 15 is 0 Å². The fraction of sp³-hybridized carbons (Fsp3) is 0.667. The third kappa shape index (κ3) is 8.97. The summed E-state index contributed by atoms with van der Waals surface area (Å²) in [5.74, 6) is 0. The molecule has 0 spiro atoms. The van der Waals surface area contributed by atoms with Gasteiger partial charge in [0.2, 0.25) is 0 Å². The Labute approximate surface area is 117 Å². The van der Waals surface area contributed by atoms with E-state index in [9.17, 15) is 0 Å². The lowest BCUT2D eigenvalue weighted by Crippen LogP contribution is -1.94. The molecule has 0 heterocycles. The predicted octanol–water partition coefficient (Wildman–Crippen LogP) is 6.37. The van der Waals surface area contributed by atoms with Gasteiger partial charge >= 0.3 is 0 Å². The maximum absolute atomic E-state index is 2.26. The van der Waals surface area contributed by atoms with Gasteiger partial charge < -0.3 is 0 Å². The molecule has 0 bridgehead atoms. The molecular weight excluding hydrogens is 272 g/mol. The number of hydrogen-bond donors (Lipinski definition) is 0. The Morgan fingerprint density at radius 2 is 1.19 bits per heavy atom. The average Bonchev–Trinajstić information content (AvgIpc) is 2.33. The summed E-state index contributed by atoms with van der Waals surface area (Å²) >= 11 is 3.86. The molecule has 0 aromatic rings. The zero-order valence-electron chi connectivity index (χ0n) is 10.5. The Bertz CT molecular complexity index is 179. The van der Waals surface area contributed by atoms with Gasteiger partial charge in [-0.05, 0) is 37.5 Å². The lowest BCUT2D eigenvalue weighted by Gasteiger charge is -2.15. The summed E-state index contributed by atoms with van der Waals surface area (Å²) in [6, 6.07) is 0. The summed E-state index contributed by atoms with van der Waals surface area (Å²) < 4.78 is 1.36. The predicted molar refractivity (Wildman–Crippen MR) is 88.2 cm³/mol. The highest BCUT2D eigenvalue weighted by Crippen LogP contribution is 2.43. The van der Waals surface area contributed by atoms with Crippen molar-refractivity contribution in [2.45, 2.75) is 49.7 Å². The van der Waals surface area contributed by atoms with Crippen LogP contribution in [0.15, 0.2) is 23.0 Å². The second-order valence-electron chi connectivity index (χ2n) is 3.08. The van der Waals surface area contributed by atoms with Crippen molar-refractivity contribution >= 4 is 45.1 Å². The molecule has 0 saturated carbocycles. The van der Waals surface area contributed by atoms with Crippen molar-refractivity contribution in [1.29, 1.82) is 0 Å². The van der Waals surface area contributed by atoms with E-state index in [1.54, 1.807) is 0 Å². The molecule has 16 heavy (non-hydrogen) atoms. The lowest BCUT2D eigenvalue weighted by molar-refractivity contribution is 1.06. The molecule has 0 nitrogen and oxygen atoms in total.